The highest BCUT2D eigenvalue weighted by Gasteiger charge is 2.47. The fourth-order valence-corrected chi connectivity index (χ4v) is 3.43. The minimum absolute atomic E-state index is 0.0671. The molecule has 6 nitrogen and oxygen atoms in total. The number of nitrogens with zero attached hydrogens (tertiary/aromatic N) is 1. The second-order valence-corrected chi connectivity index (χ2v) is 5.97. The van der Waals surface area contributed by atoms with Gasteiger partial charge >= 0.3 is 11.9 Å². The van der Waals surface area contributed by atoms with Crippen LogP contribution in [-0.2, 0) is 23.9 Å². The van der Waals surface area contributed by atoms with Crippen molar-refractivity contribution in [2.45, 2.75) is 32.2 Å². The smallest absolute Gasteiger partial charge is 0.330 e. The van der Waals surface area contributed by atoms with Gasteiger partial charge in [0.1, 0.15) is 11.5 Å². The summed E-state index contributed by atoms with van der Waals surface area (Å²) >= 11 is 1.58. The third-order valence-electron chi connectivity index (χ3n) is 3.50. The zero-order valence-corrected chi connectivity index (χ0v) is 13.4. The summed E-state index contributed by atoms with van der Waals surface area (Å²) in [6, 6.07) is -0.583. The van der Waals surface area contributed by atoms with E-state index in [9.17, 15) is 14.4 Å². The summed E-state index contributed by atoms with van der Waals surface area (Å²) in [5.74, 6) is 0.221. The number of thioether (sulfide) groups is 1. The van der Waals surface area contributed by atoms with Gasteiger partial charge in [0.2, 0.25) is 0 Å². The van der Waals surface area contributed by atoms with Gasteiger partial charge in [0.15, 0.2) is 5.78 Å². The van der Waals surface area contributed by atoms with Crippen LogP contribution in [0, 0.1) is 5.41 Å². The SMILES string of the molecule is COC(=O)C(C)N=CCCC1(C(=O)OC)CSCCC1=O. The Morgan fingerprint density at radius 2 is 2.14 bits per heavy atom. The van der Waals surface area contributed by atoms with Gasteiger partial charge in [-0.3, -0.25) is 14.6 Å². The monoisotopic (exact) mass is 315 g/mol. The predicted octanol–water partition coefficient (Wildman–Crippen LogP) is 1.26. The largest absolute Gasteiger partial charge is 0.468 e. The first-order valence-corrected chi connectivity index (χ1v) is 7.92. The van der Waals surface area contributed by atoms with Crippen molar-refractivity contribution in [2.24, 2.45) is 10.4 Å². The van der Waals surface area contributed by atoms with Gasteiger partial charge in [0.05, 0.1) is 14.2 Å². The number of carbonyl (C=O) groups is 3. The molecule has 2 atom stereocenters. The highest BCUT2D eigenvalue weighted by Crippen LogP contribution is 2.36. The lowest BCUT2D eigenvalue weighted by molar-refractivity contribution is -0.157. The molecule has 0 aromatic heterocycles. The van der Waals surface area contributed by atoms with Crippen LogP contribution >= 0.6 is 11.8 Å². The zero-order chi connectivity index (χ0) is 15.9. The first-order chi connectivity index (χ1) is 9.97. The maximum absolute atomic E-state index is 12.2. The molecular weight excluding hydrogens is 294 g/mol. The summed E-state index contributed by atoms with van der Waals surface area (Å²) in [5, 5.41) is 0. The van der Waals surface area contributed by atoms with Gasteiger partial charge in [-0.2, -0.15) is 11.8 Å². The van der Waals surface area contributed by atoms with E-state index >= 15 is 0 Å². The third-order valence-corrected chi connectivity index (χ3v) is 4.69. The summed E-state index contributed by atoms with van der Waals surface area (Å²) in [6.45, 7) is 1.63. The van der Waals surface area contributed by atoms with Crippen LogP contribution < -0.4 is 0 Å². The number of hydrogen-bond acceptors (Lipinski definition) is 7. The first kappa shape index (κ1) is 17.7. The van der Waals surface area contributed by atoms with Gasteiger partial charge < -0.3 is 9.47 Å². The van der Waals surface area contributed by atoms with Gasteiger partial charge in [-0.1, -0.05) is 0 Å². The van der Waals surface area contributed by atoms with Crippen LogP contribution in [0.3, 0.4) is 0 Å². The Morgan fingerprint density at radius 1 is 1.43 bits per heavy atom. The maximum atomic E-state index is 12.2. The molecule has 0 spiro atoms. The Bertz CT molecular complexity index is 427. The summed E-state index contributed by atoms with van der Waals surface area (Å²) in [5.41, 5.74) is -1.07. The molecule has 0 aromatic carbocycles. The number of methoxy groups -OCH3 is 2. The average molecular weight is 315 g/mol. The Morgan fingerprint density at radius 3 is 2.71 bits per heavy atom. The van der Waals surface area contributed by atoms with Crippen LogP contribution in [-0.4, -0.2) is 55.7 Å². The van der Waals surface area contributed by atoms with Crippen LogP contribution in [0.4, 0.5) is 0 Å². The first-order valence-electron chi connectivity index (χ1n) is 6.77. The van der Waals surface area contributed by atoms with Gasteiger partial charge in [-0.05, 0) is 26.0 Å². The fraction of sp³-hybridized carbons (Fsp3) is 0.714. The van der Waals surface area contributed by atoms with E-state index in [4.69, 9.17) is 4.74 Å². The maximum Gasteiger partial charge on any atom is 0.330 e. The molecule has 1 aliphatic rings. The van der Waals surface area contributed by atoms with E-state index in [0.717, 1.165) is 5.75 Å². The Labute approximate surface area is 128 Å². The summed E-state index contributed by atoms with van der Waals surface area (Å²) in [4.78, 5) is 39.4. The lowest BCUT2D eigenvalue weighted by atomic mass is 9.79. The molecule has 2 unspecified atom stereocenters. The van der Waals surface area contributed by atoms with Crippen molar-refractivity contribution < 1.29 is 23.9 Å². The average Bonchev–Trinajstić information content (AvgIpc) is 2.51. The number of ether oxygens (including phenoxy) is 2. The number of carbonyl (C=O) groups excluding carboxylic acids is 3. The Balaban J connectivity index is 2.67. The van der Waals surface area contributed by atoms with E-state index in [2.05, 4.69) is 9.73 Å². The highest BCUT2D eigenvalue weighted by atomic mass is 32.2. The zero-order valence-electron chi connectivity index (χ0n) is 12.6. The number of esters is 2. The molecule has 1 fully saturated rings. The molecular formula is C14H21NO5S. The lowest BCUT2D eigenvalue weighted by Gasteiger charge is -2.32. The summed E-state index contributed by atoms with van der Waals surface area (Å²) < 4.78 is 9.37. The van der Waals surface area contributed by atoms with Crippen LogP contribution in [0.25, 0.3) is 0 Å². The molecule has 0 radical (unpaired) electrons. The number of hydrogen-bond donors (Lipinski definition) is 0. The van der Waals surface area contributed by atoms with Crippen molar-refractivity contribution in [3.63, 3.8) is 0 Å². The van der Waals surface area contributed by atoms with Gasteiger partial charge in [0, 0.05) is 17.9 Å². The molecule has 1 rings (SSSR count). The van der Waals surface area contributed by atoms with E-state index in [1.807, 2.05) is 0 Å². The van der Waals surface area contributed by atoms with Gasteiger partial charge in [0.25, 0.3) is 0 Å². The van der Waals surface area contributed by atoms with Crippen molar-refractivity contribution in [1.29, 1.82) is 0 Å². The van der Waals surface area contributed by atoms with Crippen molar-refractivity contribution in [1.82, 2.24) is 0 Å². The molecule has 0 N–H and O–H groups in total. The van der Waals surface area contributed by atoms with Crippen LogP contribution in [0.2, 0.25) is 0 Å². The third kappa shape index (κ3) is 4.30. The predicted molar refractivity (Wildman–Crippen MR) is 80.6 cm³/mol. The second kappa shape index (κ2) is 8.17. The van der Waals surface area contributed by atoms with E-state index < -0.39 is 23.4 Å². The molecule has 0 aliphatic carbocycles. The minimum Gasteiger partial charge on any atom is -0.468 e. The quantitative estimate of drug-likeness (QED) is 0.417. The van der Waals surface area contributed by atoms with E-state index in [1.54, 1.807) is 24.9 Å². The molecule has 0 aromatic rings. The molecule has 7 heteroatoms. The number of rotatable bonds is 6. The van der Waals surface area contributed by atoms with E-state index in [-0.39, 0.29) is 5.78 Å². The Hall–Kier alpha value is -1.37. The van der Waals surface area contributed by atoms with E-state index in [1.165, 1.54) is 14.2 Å². The molecule has 118 valence electrons. The standard InChI is InChI=1S/C14H21NO5S/c1-10(12(17)19-2)15-7-4-6-14(13(18)20-3)9-21-8-5-11(14)16/h7,10H,4-6,8-9H2,1-3H3. The molecule has 1 aliphatic heterocycles. The Kier molecular flexibility index (Phi) is 6.87. The molecule has 1 saturated heterocycles. The van der Waals surface area contributed by atoms with Crippen molar-refractivity contribution in [3.05, 3.63) is 0 Å². The van der Waals surface area contributed by atoms with Crippen LogP contribution in [0.15, 0.2) is 4.99 Å². The molecule has 0 saturated carbocycles. The van der Waals surface area contributed by atoms with Crippen molar-refractivity contribution >= 4 is 35.7 Å². The topological polar surface area (TPSA) is 82.0 Å². The number of aliphatic imine (C=N–C) groups is 1. The molecule has 1 heterocycles. The van der Waals surface area contributed by atoms with Crippen LogP contribution in [0.1, 0.15) is 26.2 Å². The summed E-state index contributed by atoms with van der Waals surface area (Å²) in [6.07, 6.45) is 2.74. The fourth-order valence-electron chi connectivity index (χ4n) is 2.19. The highest BCUT2D eigenvalue weighted by molar-refractivity contribution is 7.99. The molecule has 0 bridgehead atoms. The summed E-state index contributed by atoms with van der Waals surface area (Å²) in [7, 11) is 2.60. The lowest BCUT2D eigenvalue weighted by Crippen LogP contribution is -2.45. The number of ketones is 1. The van der Waals surface area contributed by atoms with Crippen molar-refractivity contribution in [3.8, 4) is 0 Å². The number of Topliss-reactive ketones (excluding diaryl/α,β-unsaturated/α-hetero) is 1. The van der Waals surface area contributed by atoms with Gasteiger partial charge in [-0.25, -0.2) is 4.79 Å². The second-order valence-electron chi connectivity index (χ2n) is 4.87. The normalized spacial score (nSPS) is 23.9. The van der Waals surface area contributed by atoms with Crippen molar-refractivity contribution in [2.75, 3.05) is 25.7 Å². The van der Waals surface area contributed by atoms with E-state index in [0.29, 0.717) is 25.0 Å². The van der Waals surface area contributed by atoms with Gasteiger partial charge in [-0.15, -0.1) is 0 Å². The minimum atomic E-state index is -1.07. The molecule has 0 amide bonds. The van der Waals surface area contributed by atoms with Crippen LogP contribution in [0.5, 0.6) is 0 Å². The molecule has 21 heavy (non-hydrogen) atoms.